The van der Waals surface area contributed by atoms with Gasteiger partial charge in [-0.2, -0.15) is 0 Å². The third-order valence-electron chi connectivity index (χ3n) is 4.09. The van der Waals surface area contributed by atoms with Crippen LogP contribution < -0.4 is 10.2 Å². The van der Waals surface area contributed by atoms with Crippen LogP contribution >= 0.6 is 34.5 Å². The fourth-order valence-electron chi connectivity index (χ4n) is 2.85. The van der Waals surface area contributed by atoms with Crippen molar-refractivity contribution in [2.45, 2.75) is 13.5 Å². The molecule has 1 aromatic carbocycles. The first-order valence-electron chi connectivity index (χ1n) is 8.37. The summed E-state index contributed by atoms with van der Waals surface area (Å²) >= 11 is 13.8. The topological polar surface area (TPSA) is 57.7 Å². The van der Waals surface area contributed by atoms with Crippen LogP contribution in [0, 0.1) is 0 Å². The lowest BCUT2D eigenvalue weighted by molar-refractivity contribution is 0.105. The van der Waals surface area contributed by atoms with Crippen LogP contribution in [0.25, 0.3) is 0 Å². The van der Waals surface area contributed by atoms with E-state index in [1.54, 1.807) is 11.1 Å². The molecule has 0 aliphatic carbocycles. The van der Waals surface area contributed by atoms with E-state index in [1.807, 2.05) is 25.1 Å². The number of nitrogens with zero attached hydrogens (tertiary/aromatic N) is 3. The summed E-state index contributed by atoms with van der Waals surface area (Å²) in [6.45, 7) is 5.43. The first-order chi connectivity index (χ1) is 12.6. The number of carbonyl (C=O) groups is 1. The van der Waals surface area contributed by atoms with Gasteiger partial charge in [0.25, 0.3) is 0 Å². The summed E-state index contributed by atoms with van der Waals surface area (Å²) in [6, 6.07) is 5.80. The van der Waals surface area contributed by atoms with Crippen LogP contribution in [-0.4, -0.2) is 48.8 Å². The molecule has 6 nitrogen and oxygen atoms in total. The third-order valence-corrected chi connectivity index (χ3v) is 5.51. The van der Waals surface area contributed by atoms with Gasteiger partial charge in [0, 0.05) is 37.3 Å². The average molecular weight is 415 g/mol. The molecule has 26 heavy (non-hydrogen) atoms. The summed E-state index contributed by atoms with van der Waals surface area (Å²) < 4.78 is 5.60. The van der Waals surface area contributed by atoms with Gasteiger partial charge in [-0.05, 0) is 19.1 Å². The molecule has 0 bridgehead atoms. The molecule has 9 heteroatoms. The van der Waals surface area contributed by atoms with Crippen molar-refractivity contribution in [2.24, 2.45) is 0 Å². The number of para-hydroxylation sites is 1. The number of benzene rings is 1. The molecule has 3 rings (SSSR count). The lowest BCUT2D eigenvalue weighted by atomic mass is 10.2. The maximum absolute atomic E-state index is 11.9. The summed E-state index contributed by atoms with van der Waals surface area (Å²) in [4.78, 5) is 20.9. The van der Waals surface area contributed by atoms with Gasteiger partial charge in [0.15, 0.2) is 4.47 Å². The molecule has 1 amide bonds. The Bertz CT molecular complexity index is 763. The molecule has 1 aliphatic heterocycles. The lowest BCUT2D eigenvalue weighted by Gasteiger charge is -2.36. The Morgan fingerprint density at radius 1 is 1.31 bits per heavy atom. The molecule has 0 radical (unpaired) electrons. The Morgan fingerprint density at radius 2 is 2.08 bits per heavy atom. The fraction of sp³-hybridized carbons (Fsp3) is 0.412. The molecule has 0 saturated carbocycles. The number of thiazole rings is 1. The summed E-state index contributed by atoms with van der Waals surface area (Å²) in [5, 5.41) is 4.10. The standard InChI is InChI=1S/C17H20Cl2N4O2S/c1-2-25-17(24)23-8-6-22(7-9-23)15-13(18)4-3-5-14(15)20-10-12-11-21-16(19)26-12/h3-5,11,20H,2,6-10H2,1H3. The summed E-state index contributed by atoms with van der Waals surface area (Å²) in [5.41, 5.74) is 1.90. The second-order valence-electron chi connectivity index (χ2n) is 5.74. The number of ether oxygens (including phenoxy) is 1. The highest BCUT2D eigenvalue weighted by atomic mass is 35.5. The predicted molar refractivity (Wildman–Crippen MR) is 107 cm³/mol. The van der Waals surface area contributed by atoms with E-state index >= 15 is 0 Å². The molecule has 2 heterocycles. The average Bonchev–Trinajstić information content (AvgIpc) is 3.06. The molecule has 140 valence electrons. The summed E-state index contributed by atoms with van der Waals surface area (Å²) in [6.07, 6.45) is 1.51. The largest absolute Gasteiger partial charge is 0.450 e. The first kappa shape index (κ1) is 19.1. The monoisotopic (exact) mass is 414 g/mol. The zero-order valence-corrected chi connectivity index (χ0v) is 16.7. The number of amides is 1. The van der Waals surface area contributed by atoms with Gasteiger partial charge in [0.05, 0.1) is 29.5 Å². The first-order valence-corrected chi connectivity index (χ1v) is 9.95. The van der Waals surface area contributed by atoms with Crippen LogP contribution in [0.4, 0.5) is 16.2 Å². The maximum Gasteiger partial charge on any atom is 0.409 e. The molecule has 1 fully saturated rings. The van der Waals surface area contributed by atoms with Gasteiger partial charge >= 0.3 is 6.09 Å². The maximum atomic E-state index is 11.9. The quantitative estimate of drug-likeness (QED) is 0.788. The number of anilines is 2. The zero-order chi connectivity index (χ0) is 18.5. The van der Waals surface area contributed by atoms with Crippen LogP contribution in [0.5, 0.6) is 0 Å². The van der Waals surface area contributed by atoms with E-state index < -0.39 is 0 Å². The minimum Gasteiger partial charge on any atom is -0.450 e. The minimum atomic E-state index is -0.258. The molecule has 2 aromatic rings. The second kappa shape index (κ2) is 8.79. The number of carbonyl (C=O) groups excluding carboxylic acids is 1. The number of rotatable bonds is 5. The van der Waals surface area contributed by atoms with Crippen molar-refractivity contribution >= 4 is 52.0 Å². The predicted octanol–water partition coefficient (Wildman–Crippen LogP) is 4.34. The van der Waals surface area contributed by atoms with E-state index in [0.717, 1.165) is 16.3 Å². The van der Waals surface area contributed by atoms with Gasteiger partial charge in [0.1, 0.15) is 0 Å². The number of hydrogen-bond acceptors (Lipinski definition) is 6. The Balaban J connectivity index is 1.68. The molecular formula is C17H20Cl2N4O2S. The van der Waals surface area contributed by atoms with Gasteiger partial charge in [-0.1, -0.05) is 29.3 Å². The third kappa shape index (κ3) is 4.52. The van der Waals surface area contributed by atoms with E-state index in [9.17, 15) is 4.79 Å². The van der Waals surface area contributed by atoms with Gasteiger partial charge < -0.3 is 19.9 Å². The van der Waals surface area contributed by atoms with E-state index in [-0.39, 0.29) is 6.09 Å². The smallest absolute Gasteiger partial charge is 0.409 e. The molecule has 1 aromatic heterocycles. The van der Waals surface area contributed by atoms with Crippen LogP contribution in [0.1, 0.15) is 11.8 Å². The molecule has 0 unspecified atom stereocenters. The number of aromatic nitrogens is 1. The van der Waals surface area contributed by atoms with Gasteiger partial charge in [-0.3, -0.25) is 0 Å². The minimum absolute atomic E-state index is 0.258. The van der Waals surface area contributed by atoms with Crippen molar-refractivity contribution < 1.29 is 9.53 Å². The van der Waals surface area contributed by atoms with E-state index in [1.165, 1.54) is 11.3 Å². The highest BCUT2D eigenvalue weighted by Gasteiger charge is 2.24. The Labute approximate surface area is 166 Å². The van der Waals surface area contributed by atoms with E-state index in [0.29, 0.717) is 48.8 Å². The highest BCUT2D eigenvalue weighted by molar-refractivity contribution is 7.15. The van der Waals surface area contributed by atoms with Gasteiger partial charge in [-0.25, -0.2) is 9.78 Å². The van der Waals surface area contributed by atoms with Crippen LogP contribution in [0.15, 0.2) is 24.4 Å². The number of halogens is 2. The van der Waals surface area contributed by atoms with Crippen LogP contribution in [0.3, 0.4) is 0 Å². The Kier molecular flexibility index (Phi) is 6.45. The number of piperazine rings is 1. The zero-order valence-electron chi connectivity index (χ0n) is 14.4. The molecule has 0 atom stereocenters. The van der Waals surface area contributed by atoms with E-state index in [2.05, 4.69) is 15.2 Å². The fourth-order valence-corrected chi connectivity index (χ4v) is 4.07. The van der Waals surface area contributed by atoms with Crippen LogP contribution in [-0.2, 0) is 11.3 Å². The number of hydrogen-bond donors (Lipinski definition) is 1. The second-order valence-corrected chi connectivity index (χ2v) is 7.85. The summed E-state index contributed by atoms with van der Waals surface area (Å²) in [7, 11) is 0. The molecular weight excluding hydrogens is 395 g/mol. The van der Waals surface area contributed by atoms with Crippen molar-refractivity contribution in [1.82, 2.24) is 9.88 Å². The molecule has 0 spiro atoms. The van der Waals surface area contributed by atoms with Gasteiger partial charge in [-0.15, -0.1) is 11.3 Å². The van der Waals surface area contributed by atoms with E-state index in [4.69, 9.17) is 27.9 Å². The van der Waals surface area contributed by atoms with Crippen LogP contribution in [0.2, 0.25) is 9.49 Å². The van der Waals surface area contributed by atoms with Crippen molar-refractivity contribution in [3.05, 3.63) is 38.8 Å². The molecule has 1 N–H and O–H groups in total. The SMILES string of the molecule is CCOC(=O)N1CCN(c2c(Cl)cccc2NCc2cnc(Cl)s2)CC1. The Morgan fingerprint density at radius 3 is 2.73 bits per heavy atom. The number of nitrogens with one attached hydrogen (secondary N) is 1. The van der Waals surface area contributed by atoms with Gasteiger partial charge in [0.2, 0.25) is 0 Å². The lowest BCUT2D eigenvalue weighted by Crippen LogP contribution is -2.49. The normalized spacial score (nSPS) is 14.4. The highest BCUT2D eigenvalue weighted by Crippen LogP contribution is 2.35. The van der Waals surface area contributed by atoms with Crippen molar-refractivity contribution in [2.75, 3.05) is 43.0 Å². The van der Waals surface area contributed by atoms with Crippen molar-refractivity contribution in [3.8, 4) is 0 Å². The summed E-state index contributed by atoms with van der Waals surface area (Å²) in [5.74, 6) is 0. The van der Waals surface area contributed by atoms with Crippen molar-refractivity contribution in [3.63, 3.8) is 0 Å². The molecule has 1 saturated heterocycles. The molecule has 1 aliphatic rings. The van der Waals surface area contributed by atoms with Crippen molar-refractivity contribution in [1.29, 1.82) is 0 Å². The Hall–Kier alpha value is -1.70.